The van der Waals surface area contributed by atoms with E-state index >= 15 is 0 Å². The Bertz CT molecular complexity index is 273. The van der Waals surface area contributed by atoms with Crippen molar-refractivity contribution in [3.8, 4) is 0 Å². The van der Waals surface area contributed by atoms with Crippen molar-refractivity contribution < 1.29 is 4.79 Å². The van der Waals surface area contributed by atoms with Crippen LogP contribution in [0.3, 0.4) is 0 Å². The van der Waals surface area contributed by atoms with Crippen LogP contribution in [-0.4, -0.2) is 20.9 Å². The largest absolute Gasteiger partial charge is 0.368 e. The van der Waals surface area contributed by atoms with E-state index in [1.165, 1.54) is 13.3 Å². The van der Waals surface area contributed by atoms with Gasteiger partial charge in [-0.3, -0.25) is 10.1 Å². The minimum atomic E-state index is -0.240. The molecule has 0 aliphatic carbocycles. The zero-order valence-corrected chi connectivity index (χ0v) is 5.90. The molecule has 0 radical (unpaired) electrons. The number of anilines is 2. The second kappa shape index (κ2) is 2.91. The molecule has 1 aromatic rings. The maximum Gasteiger partial charge on any atom is 0.234 e. The molecule has 6 nitrogen and oxygen atoms in total. The van der Waals surface area contributed by atoms with E-state index in [2.05, 4.69) is 20.3 Å². The number of aromatic nitrogens is 3. The molecule has 1 heterocycles. The summed E-state index contributed by atoms with van der Waals surface area (Å²) in [6.45, 7) is 1.36. The molecule has 0 aliphatic rings. The number of hydrogen-bond acceptors (Lipinski definition) is 5. The molecular formula is C5H7N5O. The Morgan fingerprint density at radius 3 is 2.91 bits per heavy atom. The first-order valence-corrected chi connectivity index (χ1v) is 2.90. The molecule has 58 valence electrons. The van der Waals surface area contributed by atoms with E-state index in [4.69, 9.17) is 5.73 Å². The Kier molecular flexibility index (Phi) is 1.95. The molecule has 0 unspecified atom stereocenters. The van der Waals surface area contributed by atoms with E-state index in [9.17, 15) is 4.79 Å². The van der Waals surface area contributed by atoms with Gasteiger partial charge in [-0.2, -0.15) is 4.98 Å². The fourth-order valence-electron chi connectivity index (χ4n) is 0.527. The van der Waals surface area contributed by atoms with Crippen molar-refractivity contribution in [2.75, 3.05) is 11.1 Å². The molecule has 0 fully saturated rings. The van der Waals surface area contributed by atoms with E-state index in [-0.39, 0.29) is 17.8 Å². The summed E-state index contributed by atoms with van der Waals surface area (Å²) in [5.41, 5.74) is 5.22. The third-order valence-corrected chi connectivity index (χ3v) is 0.878. The standard InChI is InChI=1S/C5H7N5O/c1-3(11)9-5-8-2-7-4(6)10-5/h2H,1H3,(H3,6,7,8,9,10,11). The molecule has 11 heavy (non-hydrogen) atoms. The van der Waals surface area contributed by atoms with Crippen LogP contribution in [0.25, 0.3) is 0 Å². The lowest BCUT2D eigenvalue weighted by Gasteiger charge is -1.97. The van der Waals surface area contributed by atoms with Crippen LogP contribution in [0.1, 0.15) is 6.92 Å². The predicted molar refractivity (Wildman–Crippen MR) is 38.5 cm³/mol. The fraction of sp³-hybridized carbons (Fsp3) is 0.200. The Morgan fingerprint density at radius 1 is 1.64 bits per heavy atom. The molecule has 1 amide bonds. The second-order valence-electron chi connectivity index (χ2n) is 1.85. The molecule has 0 spiro atoms. The topological polar surface area (TPSA) is 93.8 Å². The SMILES string of the molecule is CC(=O)Nc1ncnc(N)n1. The quantitative estimate of drug-likeness (QED) is 0.562. The molecule has 0 aromatic carbocycles. The second-order valence-corrected chi connectivity index (χ2v) is 1.85. The molecule has 0 aliphatic heterocycles. The summed E-state index contributed by atoms with van der Waals surface area (Å²) in [7, 11) is 0. The summed E-state index contributed by atoms with van der Waals surface area (Å²) < 4.78 is 0. The fourth-order valence-corrected chi connectivity index (χ4v) is 0.527. The minimum Gasteiger partial charge on any atom is -0.368 e. The lowest BCUT2D eigenvalue weighted by Crippen LogP contribution is -2.10. The number of hydrogen-bond donors (Lipinski definition) is 2. The number of carbonyl (C=O) groups is 1. The van der Waals surface area contributed by atoms with Crippen molar-refractivity contribution in [1.29, 1.82) is 0 Å². The number of amides is 1. The van der Waals surface area contributed by atoms with Crippen LogP contribution in [0, 0.1) is 0 Å². The molecule has 0 saturated carbocycles. The number of nitrogens with two attached hydrogens (primary N) is 1. The van der Waals surface area contributed by atoms with Crippen LogP contribution in [0.15, 0.2) is 6.33 Å². The van der Waals surface area contributed by atoms with Crippen molar-refractivity contribution in [2.24, 2.45) is 0 Å². The minimum absolute atomic E-state index is 0.0868. The van der Waals surface area contributed by atoms with Crippen molar-refractivity contribution >= 4 is 17.8 Å². The van der Waals surface area contributed by atoms with Gasteiger partial charge in [-0.15, -0.1) is 0 Å². The van der Waals surface area contributed by atoms with Crippen LogP contribution >= 0.6 is 0 Å². The summed E-state index contributed by atoms with van der Waals surface area (Å²) in [4.78, 5) is 21.3. The molecule has 0 bridgehead atoms. The van der Waals surface area contributed by atoms with Crippen molar-refractivity contribution in [1.82, 2.24) is 15.0 Å². The monoisotopic (exact) mass is 153 g/mol. The van der Waals surface area contributed by atoms with Crippen molar-refractivity contribution in [3.63, 3.8) is 0 Å². The molecule has 1 aromatic heterocycles. The predicted octanol–water partition coefficient (Wildman–Crippen LogP) is -0.588. The van der Waals surface area contributed by atoms with Crippen LogP contribution in [0.4, 0.5) is 11.9 Å². The first-order valence-electron chi connectivity index (χ1n) is 2.90. The Labute approximate surface area is 62.9 Å². The van der Waals surface area contributed by atoms with Gasteiger partial charge in [-0.1, -0.05) is 0 Å². The highest BCUT2D eigenvalue weighted by Crippen LogP contribution is 1.96. The van der Waals surface area contributed by atoms with E-state index in [0.717, 1.165) is 0 Å². The summed E-state index contributed by atoms with van der Waals surface area (Å²) in [6.07, 6.45) is 1.23. The number of carbonyl (C=O) groups excluding carboxylic acids is 1. The summed E-state index contributed by atoms with van der Waals surface area (Å²) in [5, 5.41) is 2.36. The molecule has 3 N–H and O–H groups in total. The number of nitrogens with zero attached hydrogens (tertiary/aromatic N) is 3. The highest BCUT2D eigenvalue weighted by molar-refractivity contribution is 5.86. The lowest BCUT2D eigenvalue weighted by atomic mass is 10.7. The first kappa shape index (κ1) is 7.39. The average Bonchev–Trinajstić information content (AvgIpc) is 1.85. The lowest BCUT2D eigenvalue weighted by molar-refractivity contribution is -0.114. The Hall–Kier alpha value is -1.72. The van der Waals surface area contributed by atoms with E-state index in [0.29, 0.717) is 0 Å². The normalized spacial score (nSPS) is 9.18. The summed E-state index contributed by atoms with van der Waals surface area (Å²) >= 11 is 0. The van der Waals surface area contributed by atoms with Crippen LogP contribution in [-0.2, 0) is 4.79 Å². The number of rotatable bonds is 1. The molecular weight excluding hydrogens is 146 g/mol. The zero-order valence-electron chi connectivity index (χ0n) is 5.90. The van der Waals surface area contributed by atoms with Crippen LogP contribution in [0.5, 0.6) is 0 Å². The van der Waals surface area contributed by atoms with Crippen LogP contribution in [0.2, 0.25) is 0 Å². The van der Waals surface area contributed by atoms with Gasteiger partial charge in [0.2, 0.25) is 17.8 Å². The van der Waals surface area contributed by atoms with Gasteiger partial charge in [-0.05, 0) is 0 Å². The first-order chi connectivity index (χ1) is 5.18. The third-order valence-electron chi connectivity index (χ3n) is 0.878. The maximum absolute atomic E-state index is 10.5. The number of nitrogens with one attached hydrogen (secondary N) is 1. The van der Waals surface area contributed by atoms with Gasteiger partial charge in [0.15, 0.2) is 0 Å². The Morgan fingerprint density at radius 2 is 2.36 bits per heavy atom. The summed E-state index contributed by atoms with van der Waals surface area (Å²) in [5.74, 6) is 0.0179. The van der Waals surface area contributed by atoms with Gasteiger partial charge in [-0.25, -0.2) is 9.97 Å². The van der Waals surface area contributed by atoms with Crippen molar-refractivity contribution in [2.45, 2.75) is 6.92 Å². The van der Waals surface area contributed by atoms with Crippen molar-refractivity contribution in [3.05, 3.63) is 6.33 Å². The smallest absolute Gasteiger partial charge is 0.234 e. The van der Waals surface area contributed by atoms with Gasteiger partial charge >= 0.3 is 0 Å². The van der Waals surface area contributed by atoms with Gasteiger partial charge < -0.3 is 5.73 Å². The molecule has 6 heteroatoms. The summed E-state index contributed by atoms with van der Waals surface area (Å²) in [6, 6.07) is 0. The van der Waals surface area contributed by atoms with Gasteiger partial charge in [0.1, 0.15) is 6.33 Å². The van der Waals surface area contributed by atoms with E-state index in [1.54, 1.807) is 0 Å². The van der Waals surface area contributed by atoms with E-state index < -0.39 is 0 Å². The van der Waals surface area contributed by atoms with Gasteiger partial charge in [0.25, 0.3) is 0 Å². The number of nitrogen functional groups attached to an aromatic ring is 1. The molecule has 0 saturated heterocycles. The van der Waals surface area contributed by atoms with Crippen LogP contribution < -0.4 is 11.1 Å². The van der Waals surface area contributed by atoms with Gasteiger partial charge in [0.05, 0.1) is 0 Å². The average molecular weight is 153 g/mol. The maximum atomic E-state index is 10.5. The third kappa shape index (κ3) is 2.17. The zero-order chi connectivity index (χ0) is 8.27. The molecule has 1 rings (SSSR count). The van der Waals surface area contributed by atoms with Gasteiger partial charge in [0, 0.05) is 6.92 Å². The highest BCUT2D eigenvalue weighted by atomic mass is 16.1. The molecule has 0 atom stereocenters. The highest BCUT2D eigenvalue weighted by Gasteiger charge is 1.97. The Balaban J connectivity index is 2.79. The van der Waals surface area contributed by atoms with E-state index in [1.807, 2.05) is 0 Å².